The van der Waals surface area contributed by atoms with Gasteiger partial charge < -0.3 is 13.7 Å². The van der Waals surface area contributed by atoms with E-state index in [9.17, 15) is 0 Å². The van der Waals surface area contributed by atoms with Gasteiger partial charge in [-0.3, -0.25) is 14.0 Å². The standard InChI is InChI=1S/C9H15N.2C7H12N2.4C5H9N3/c1-6-7(2)9(4)10(5)8(6)3;1-5-6(2)9(4)7(3)8-5;1-5-6(2)8-9(4)7(5)3;1-4-6-7-5(2)8(4)3;1-4-6-5(2)8(3)7-4;1-4-5(2)8(3)7-6-4;1-4-5(2)7-8(3)6-4/h1-5H3;2*1-4H3;4*1-3H3. The van der Waals surface area contributed by atoms with Crippen molar-refractivity contribution in [1.29, 1.82) is 0 Å². The molecule has 0 saturated heterocycles. The first-order valence-electron chi connectivity index (χ1n) is 20.0. The van der Waals surface area contributed by atoms with Crippen LogP contribution in [0.2, 0.25) is 0 Å². The van der Waals surface area contributed by atoms with Crippen molar-refractivity contribution < 1.29 is 0 Å². The van der Waals surface area contributed by atoms with Crippen molar-refractivity contribution in [1.82, 2.24) is 83.4 Å². The average Bonchev–Trinajstić information content (AvgIpc) is 3.99. The van der Waals surface area contributed by atoms with Crippen LogP contribution in [0.25, 0.3) is 0 Å². The topological polar surface area (TPSA) is 163 Å². The molecule has 17 heteroatoms. The zero-order valence-electron chi connectivity index (χ0n) is 41.6. The predicted octanol–water partition coefficient (Wildman–Crippen LogP) is 6.68. The van der Waals surface area contributed by atoms with Gasteiger partial charge in [0.25, 0.3) is 0 Å². The molecule has 0 aromatic carbocycles. The van der Waals surface area contributed by atoms with Gasteiger partial charge in [0.05, 0.1) is 34.2 Å². The molecule has 7 heterocycles. The van der Waals surface area contributed by atoms with E-state index >= 15 is 0 Å². The third kappa shape index (κ3) is 14.8. The van der Waals surface area contributed by atoms with Gasteiger partial charge in [-0.15, -0.1) is 15.3 Å². The first-order chi connectivity index (χ1) is 27.6. The van der Waals surface area contributed by atoms with Gasteiger partial charge in [0.2, 0.25) is 0 Å². The Morgan fingerprint density at radius 3 is 0.900 bits per heavy atom. The Balaban J connectivity index is 0.000000350. The minimum atomic E-state index is 0.838. The lowest BCUT2D eigenvalue weighted by Crippen LogP contribution is -1.92. The Hall–Kier alpha value is -5.74. The van der Waals surface area contributed by atoms with Crippen molar-refractivity contribution in [2.24, 2.45) is 49.3 Å². The van der Waals surface area contributed by atoms with Crippen molar-refractivity contribution in [2.45, 2.75) is 125 Å². The highest BCUT2D eigenvalue weighted by Crippen LogP contribution is 2.18. The highest BCUT2D eigenvalue weighted by Gasteiger charge is 2.06. The predicted molar refractivity (Wildman–Crippen MR) is 241 cm³/mol. The lowest BCUT2D eigenvalue weighted by molar-refractivity contribution is 0.646. The lowest BCUT2D eigenvalue weighted by Gasteiger charge is -1.98. The quantitative estimate of drug-likeness (QED) is 0.161. The van der Waals surface area contributed by atoms with Crippen LogP contribution in [0.4, 0.5) is 0 Å². The highest BCUT2D eigenvalue weighted by atomic mass is 15.5. The van der Waals surface area contributed by atoms with Crippen LogP contribution in [0.15, 0.2) is 0 Å². The largest absolute Gasteiger partial charge is 0.352 e. The molecule has 0 bridgehead atoms. The van der Waals surface area contributed by atoms with Gasteiger partial charge >= 0.3 is 0 Å². The Kier molecular flexibility index (Phi) is 20.2. The molecular formula is C43H75N17. The minimum Gasteiger partial charge on any atom is -0.352 e. The van der Waals surface area contributed by atoms with E-state index in [-0.39, 0.29) is 0 Å². The molecule has 0 spiro atoms. The smallest absolute Gasteiger partial charge is 0.147 e. The lowest BCUT2D eigenvalue weighted by atomic mass is 10.2. The van der Waals surface area contributed by atoms with Crippen LogP contribution in [0.1, 0.15) is 103 Å². The first kappa shape index (κ1) is 52.3. The highest BCUT2D eigenvalue weighted by molar-refractivity contribution is 5.34. The van der Waals surface area contributed by atoms with E-state index in [1.54, 1.807) is 14.2 Å². The van der Waals surface area contributed by atoms with Gasteiger partial charge in [0, 0.05) is 72.1 Å². The Labute approximate surface area is 359 Å². The zero-order valence-corrected chi connectivity index (χ0v) is 41.6. The fourth-order valence-corrected chi connectivity index (χ4v) is 5.30. The molecule has 0 aliphatic carbocycles. The van der Waals surface area contributed by atoms with Crippen LogP contribution in [-0.4, -0.2) is 83.4 Å². The molecule has 0 N–H and O–H groups in total. The molecule has 0 saturated carbocycles. The first-order valence-corrected chi connectivity index (χ1v) is 20.0. The third-order valence-electron chi connectivity index (χ3n) is 11.2. The zero-order chi connectivity index (χ0) is 46.5. The number of hydrogen-bond donors (Lipinski definition) is 0. The molecule has 0 atom stereocenters. The van der Waals surface area contributed by atoms with Gasteiger partial charge in [-0.25, -0.2) is 9.97 Å². The number of hydrogen-bond acceptors (Lipinski definition) is 10. The Morgan fingerprint density at radius 2 is 0.783 bits per heavy atom. The van der Waals surface area contributed by atoms with E-state index in [0.29, 0.717) is 0 Å². The summed E-state index contributed by atoms with van der Waals surface area (Å²) in [7, 11) is 13.7. The van der Waals surface area contributed by atoms with E-state index in [1.165, 1.54) is 39.5 Å². The second-order valence-electron chi connectivity index (χ2n) is 15.2. The van der Waals surface area contributed by atoms with Gasteiger partial charge in [-0.1, -0.05) is 5.21 Å². The summed E-state index contributed by atoms with van der Waals surface area (Å²) in [6, 6.07) is 0. The number of nitrogens with zero attached hydrogens (tertiary/aromatic N) is 17. The summed E-state index contributed by atoms with van der Waals surface area (Å²) in [6.45, 7) is 36.5. The Bertz CT molecular complexity index is 2060. The minimum absolute atomic E-state index is 0.838. The molecule has 0 fully saturated rings. The van der Waals surface area contributed by atoms with Crippen LogP contribution in [0, 0.1) is 125 Å². The normalized spacial score (nSPS) is 10.1. The summed E-state index contributed by atoms with van der Waals surface area (Å²) in [5.74, 6) is 4.81. The number of rotatable bonds is 0. The number of aryl methyl sites for hydroxylation is 14. The summed E-state index contributed by atoms with van der Waals surface area (Å²) in [6.07, 6.45) is 0. The Morgan fingerprint density at radius 1 is 0.300 bits per heavy atom. The second-order valence-corrected chi connectivity index (χ2v) is 15.2. The van der Waals surface area contributed by atoms with Crippen molar-refractivity contribution in [3.63, 3.8) is 0 Å². The van der Waals surface area contributed by atoms with Gasteiger partial charge in [-0.2, -0.15) is 25.2 Å². The van der Waals surface area contributed by atoms with Crippen LogP contribution in [-0.2, 0) is 49.3 Å². The van der Waals surface area contributed by atoms with Crippen LogP contribution in [0.5, 0.6) is 0 Å². The summed E-state index contributed by atoms with van der Waals surface area (Å²) in [5, 5.41) is 31.5. The average molecular weight is 830 g/mol. The molecule has 0 radical (unpaired) electrons. The van der Waals surface area contributed by atoms with Crippen molar-refractivity contribution in [3.05, 3.63) is 103 Å². The molecule has 0 aliphatic heterocycles. The maximum atomic E-state index is 4.27. The molecule has 0 unspecified atom stereocenters. The summed E-state index contributed by atoms with van der Waals surface area (Å²) >= 11 is 0. The van der Waals surface area contributed by atoms with E-state index in [2.05, 4.69) is 116 Å². The maximum absolute atomic E-state index is 4.27. The summed E-state index contributed by atoms with van der Waals surface area (Å²) < 4.78 is 11.7. The molecule has 7 aromatic rings. The van der Waals surface area contributed by atoms with Gasteiger partial charge in [0.1, 0.15) is 29.1 Å². The molecule has 332 valence electrons. The number of imidazole rings is 1. The third-order valence-corrected chi connectivity index (χ3v) is 11.2. The van der Waals surface area contributed by atoms with E-state index < -0.39 is 0 Å². The van der Waals surface area contributed by atoms with Gasteiger partial charge in [-0.05, 0) is 141 Å². The van der Waals surface area contributed by atoms with Crippen molar-refractivity contribution in [2.75, 3.05) is 0 Å². The molecule has 7 rings (SSSR count). The van der Waals surface area contributed by atoms with Crippen molar-refractivity contribution >= 4 is 0 Å². The van der Waals surface area contributed by atoms with Gasteiger partial charge in [0.15, 0.2) is 0 Å². The number of aromatic nitrogens is 17. The van der Waals surface area contributed by atoms with Crippen LogP contribution >= 0.6 is 0 Å². The van der Waals surface area contributed by atoms with E-state index in [0.717, 1.165) is 63.3 Å². The second kappa shape index (κ2) is 23.2. The SMILES string of the molecule is Cc1c(C)c(C)n(C)c1C.Cc1nc(C)n(C)c1C.Cc1nc(C)n(C)n1.Cc1nn(C)c(C)c1C.Cc1nn(C)nc1C.Cc1nnc(C)n1C.Cc1nnn(C)c1C. The van der Waals surface area contributed by atoms with Crippen LogP contribution in [0.3, 0.4) is 0 Å². The summed E-state index contributed by atoms with van der Waals surface area (Å²) in [5.41, 5.74) is 15.9. The summed E-state index contributed by atoms with van der Waals surface area (Å²) in [4.78, 5) is 9.91. The molecule has 0 aliphatic rings. The molecule has 0 amide bonds. The van der Waals surface area contributed by atoms with Crippen LogP contribution < -0.4 is 0 Å². The van der Waals surface area contributed by atoms with Crippen molar-refractivity contribution in [3.8, 4) is 0 Å². The fourth-order valence-electron chi connectivity index (χ4n) is 5.30. The molecular weight excluding hydrogens is 755 g/mol. The molecule has 17 nitrogen and oxygen atoms in total. The fraction of sp³-hybridized carbons (Fsp3) is 0.581. The maximum Gasteiger partial charge on any atom is 0.147 e. The molecule has 7 aromatic heterocycles. The monoisotopic (exact) mass is 830 g/mol. The van der Waals surface area contributed by atoms with E-state index in [1.807, 2.05) is 128 Å². The van der Waals surface area contributed by atoms with E-state index in [4.69, 9.17) is 0 Å². The molecule has 60 heavy (non-hydrogen) atoms.